The van der Waals surface area contributed by atoms with Crippen molar-refractivity contribution in [3.63, 3.8) is 0 Å². The number of fused-ring (bicyclic) bond motifs is 1. The second-order valence-corrected chi connectivity index (χ2v) is 3.38. The number of rotatable bonds is 0. The summed E-state index contributed by atoms with van der Waals surface area (Å²) < 4.78 is 0. The zero-order valence-corrected chi connectivity index (χ0v) is 7.24. The summed E-state index contributed by atoms with van der Waals surface area (Å²) >= 11 is 0. The van der Waals surface area contributed by atoms with E-state index in [9.17, 15) is 4.79 Å². The second-order valence-electron chi connectivity index (χ2n) is 3.38. The van der Waals surface area contributed by atoms with Crippen LogP contribution in [0, 0.1) is 5.92 Å². The third-order valence-corrected chi connectivity index (χ3v) is 2.70. The highest BCUT2D eigenvalue weighted by molar-refractivity contribution is 6.02. The molecule has 1 aliphatic carbocycles. The molecule has 2 rings (SSSR count). The van der Waals surface area contributed by atoms with Crippen molar-refractivity contribution in [3.8, 4) is 0 Å². The average molecular weight is 161 g/mol. The van der Waals surface area contributed by atoms with Crippen LogP contribution in [-0.4, -0.2) is 10.8 Å². The maximum atomic E-state index is 11.6. The fourth-order valence-electron chi connectivity index (χ4n) is 1.70. The van der Waals surface area contributed by atoms with E-state index in [1.54, 1.807) is 6.20 Å². The van der Waals surface area contributed by atoms with E-state index in [4.69, 9.17) is 0 Å². The van der Waals surface area contributed by atoms with E-state index in [1.165, 1.54) is 0 Å². The molecule has 12 heavy (non-hydrogen) atoms. The summed E-state index contributed by atoms with van der Waals surface area (Å²) in [5, 5.41) is 0. The molecule has 2 unspecified atom stereocenters. The molecule has 1 aromatic heterocycles. The van der Waals surface area contributed by atoms with Gasteiger partial charge in [-0.2, -0.15) is 0 Å². The van der Waals surface area contributed by atoms with Crippen LogP contribution in [0.5, 0.6) is 0 Å². The van der Waals surface area contributed by atoms with E-state index >= 15 is 0 Å². The van der Waals surface area contributed by atoms with Crippen LogP contribution in [0.2, 0.25) is 0 Å². The van der Waals surface area contributed by atoms with Gasteiger partial charge in [-0.1, -0.05) is 13.8 Å². The van der Waals surface area contributed by atoms with Gasteiger partial charge in [0.05, 0.1) is 5.69 Å². The molecule has 62 valence electrons. The van der Waals surface area contributed by atoms with E-state index in [1.807, 2.05) is 19.1 Å². The zero-order chi connectivity index (χ0) is 8.72. The zero-order valence-electron chi connectivity index (χ0n) is 7.24. The van der Waals surface area contributed by atoms with Crippen LogP contribution >= 0.6 is 0 Å². The summed E-state index contributed by atoms with van der Waals surface area (Å²) in [5.74, 6) is 0.634. The molecule has 0 N–H and O–H groups in total. The maximum Gasteiger partial charge on any atom is 0.168 e. The van der Waals surface area contributed by atoms with Crippen molar-refractivity contribution in [3.05, 3.63) is 29.6 Å². The van der Waals surface area contributed by atoms with Gasteiger partial charge in [0, 0.05) is 23.6 Å². The Balaban J connectivity index is 2.59. The Bertz CT molecular complexity index is 332. The standard InChI is InChI=1S/C10H11NO/c1-6-7(2)10(12)8-4-3-5-11-9(6)8/h3-7H,1-2H3. The third kappa shape index (κ3) is 0.809. The van der Waals surface area contributed by atoms with Gasteiger partial charge in [-0.3, -0.25) is 9.78 Å². The van der Waals surface area contributed by atoms with E-state index in [0.717, 1.165) is 11.3 Å². The minimum absolute atomic E-state index is 0.106. The quantitative estimate of drug-likeness (QED) is 0.582. The molecule has 0 saturated heterocycles. The third-order valence-electron chi connectivity index (χ3n) is 2.70. The number of Topliss-reactive ketones (excluding diaryl/α,β-unsaturated/α-hetero) is 1. The van der Waals surface area contributed by atoms with Gasteiger partial charge >= 0.3 is 0 Å². The predicted molar refractivity (Wildman–Crippen MR) is 46.1 cm³/mol. The molecule has 2 atom stereocenters. The molecule has 0 aromatic carbocycles. The lowest BCUT2D eigenvalue weighted by atomic mass is 9.99. The number of carbonyl (C=O) groups is 1. The van der Waals surface area contributed by atoms with Crippen molar-refractivity contribution in [1.29, 1.82) is 0 Å². The molecular weight excluding hydrogens is 150 g/mol. The smallest absolute Gasteiger partial charge is 0.168 e. The van der Waals surface area contributed by atoms with Crippen molar-refractivity contribution >= 4 is 5.78 Å². The van der Waals surface area contributed by atoms with Crippen LogP contribution in [0.4, 0.5) is 0 Å². The summed E-state index contributed by atoms with van der Waals surface area (Å²) in [6.07, 6.45) is 1.75. The topological polar surface area (TPSA) is 30.0 Å². The van der Waals surface area contributed by atoms with Gasteiger partial charge in [0.15, 0.2) is 5.78 Å². The number of aromatic nitrogens is 1. The Morgan fingerprint density at radius 2 is 2.08 bits per heavy atom. The Hall–Kier alpha value is -1.18. The minimum Gasteiger partial charge on any atom is -0.294 e. The maximum absolute atomic E-state index is 11.6. The molecule has 0 aliphatic heterocycles. The van der Waals surface area contributed by atoms with Gasteiger partial charge in [-0.15, -0.1) is 0 Å². The number of ketones is 1. The summed E-state index contributed by atoms with van der Waals surface area (Å²) in [7, 11) is 0. The van der Waals surface area contributed by atoms with E-state index in [2.05, 4.69) is 11.9 Å². The van der Waals surface area contributed by atoms with Gasteiger partial charge in [0.25, 0.3) is 0 Å². The first-order valence-corrected chi connectivity index (χ1v) is 4.21. The van der Waals surface area contributed by atoms with Crippen LogP contribution < -0.4 is 0 Å². The van der Waals surface area contributed by atoms with Crippen molar-refractivity contribution < 1.29 is 4.79 Å². The van der Waals surface area contributed by atoms with Gasteiger partial charge < -0.3 is 0 Å². The molecule has 1 aromatic rings. The molecule has 0 fully saturated rings. The van der Waals surface area contributed by atoms with Gasteiger partial charge in [0.1, 0.15) is 0 Å². The summed E-state index contributed by atoms with van der Waals surface area (Å²) in [5.41, 5.74) is 1.78. The summed E-state index contributed by atoms with van der Waals surface area (Å²) in [6.45, 7) is 4.02. The SMILES string of the molecule is CC1C(=O)c2cccnc2C1C. The lowest BCUT2D eigenvalue weighted by Crippen LogP contribution is -2.06. The Labute approximate surface area is 71.6 Å². The lowest BCUT2D eigenvalue weighted by Gasteiger charge is -2.05. The van der Waals surface area contributed by atoms with Crippen molar-refractivity contribution in [2.24, 2.45) is 5.92 Å². The first-order valence-electron chi connectivity index (χ1n) is 4.21. The molecule has 1 aliphatic rings. The predicted octanol–water partition coefficient (Wildman–Crippen LogP) is 2.02. The van der Waals surface area contributed by atoms with Crippen LogP contribution in [0.1, 0.15) is 35.8 Å². The van der Waals surface area contributed by atoms with Crippen LogP contribution in [0.25, 0.3) is 0 Å². The number of nitrogens with zero attached hydrogens (tertiary/aromatic N) is 1. The fourth-order valence-corrected chi connectivity index (χ4v) is 1.70. The monoisotopic (exact) mass is 161 g/mol. The molecule has 0 saturated carbocycles. The van der Waals surface area contributed by atoms with E-state index in [0.29, 0.717) is 0 Å². The normalized spacial score (nSPS) is 27.3. The van der Waals surface area contributed by atoms with Crippen molar-refractivity contribution in [2.45, 2.75) is 19.8 Å². The molecule has 1 heterocycles. The van der Waals surface area contributed by atoms with Crippen LogP contribution in [0.3, 0.4) is 0 Å². The molecule has 0 radical (unpaired) electrons. The van der Waals surface area contributed by atoms with Crippen LogP contribution in [0.15, 0.2) is 18.3 Å². The summed E-state index contributed by atoms with van der Waals surface area (Å²) in [6, 6.07) is 3.69. The molecule has 2 nitrogen and oxygen atoms in total. The number of hydrogen-bond donors (Lipinski definition) is 0. The fraction of sp³-hybridized carbons (Fsp3) is 0.400. The van der Waals surface area contributed by atoms with Gasteiger partial charge in [0.2, 0.25) is 0 Å². The second kappa shape index (κ2) is 2.41. The first kappa shape index (κ1) is 7.47. The summed E-state index contributed by atoms with van der Waals surface area (Å²) in [4.78, 5) is 15.8. The molecule has 0 spiro atoms. The Kier molecular flexibility index (Phi) is 1.50. The molecular formula is C10H11NO. The van der Waals surface area contributed by atoms with Crippen LogP contribution in [-0.2, 0) is 0 Å². The molecule has 0 bridgehead atoms. The lowest BCUT2D eigenvalue weighted by molar-refractivity contribution is 0.0937. The number of hydrogen-bond acceptors (Lipinski definition) is 2. The van der Waals surface area contributed by atoms with Crippen molar-refractivity contribution in [2.75, 3.05) is 0 Å². The number of carbonyl (C=O) groups excluding carboxylic acids is 1. The Morgan fingerprint density at radius 1 is 1.33 bits per heavy atom. The highest BCUT2D eigenvalue weighted by Crippen LogP contribution is 2.35. The van der Waals surface area contributed by atoms with Gasteiger partial charge in [-0.25, -0.2) is 0 Å². The number of pyridine rings is 1. The Morgan fingerprint density at radius 3 is 2.75 bits per heavy atom. The van der Waals surface area contributed by atoms with Crippen molar-refractivity contribution in [1.82, 2.24) is 4.98 Å². The largest absolute Gasteiger partial charge is 0.294 e. The molecule has 2 heteroatoms. The highest BCUT2D eigenvalue weighted by atomic mass is 16.1. The first-order chi connectivity index (χ1) is 5.72. The minimum atomic E-state index is 0.106. The van der Waals surface area contributed by atoms with E-state index < -0.39 is 0 Å². The molecule has 0 amide bonds. The average Bonchev–Trinajstić information content (AvgIpc) is 2.33. The highest BCUT2D eigenvalue weighted by Gasteiger charge is 2.34. The van der Waals surface area contributed by atoms with Gasteiger partial charge in [-0.05, 0) is 12.1 Å². The van der Waals surface area contributed by atoms with E-state index in [-0.39, 0.29) is 17.6 Å².